The number of rotatable bonds is 2. The molecule has 0 aromatic heterocycles. The van der Waals surface area contributed by atoms with Crippen LogP contribution in [0.15, 0.2) is 24.3 Å². The van der Waals surface area contributed by atoms with Gasteiger partial charge in [0.2, 0.25) is 0 Å². The fourth-order valence-corrected chi connectivity index (χ4v) is 2.15. The van der Waals surface area contributed by atoms with E-state index < -0.39 is 10.5 Å². The Morgan fingerprint density at radius 2 is 2.00 bits per heavy atom. The lowest BCUT2D eigenvalue weighted by Crippen LogP contribution is -2.44. The van der Waals surface area contributed by atoms with Gasteiger partial charge in [0.15, 0.2) is 0 Å². The van der Waals surface area contributed by atoms with E-state index >= 15 is 0 Å². The molecule has 7 nitrogen and oxygen atoms in total. The Morgan fingerprint density at radius 1 is 1.36 bits per heavy atom. The van der Waals surface area contributed by atoms with Gasteiger partial charge in [0.1, 0.15) is 11.7 Å². The van der Waals surface area contributed by atoms with E-state index in [-0.39, 0.29) is 17.9 Å². The van der Waals surface area contributed by atoms with Crippen LogP contribution >= 0.6 is 0 Å². The van der Waals surface area contributed by atoms with Gasteiger partial charge in [0.05, 0.1) is 18.1 Å². The van der Waals surface area contributed by atoms with E-state index in [1.807, 2.05) is 20.8 Å². The molecule has 2 rings (SSSR count). The van der Waals surface area contributed by atoms with E-state index in [4.69, 9.17) is 9.47 Å². The van der Waals surface area contributed by atoms with Crippen molar-refractivity contribution < 1.29 is 19.2 Å². The van der Waals surface area contributed by atoms with Crippen LogP contribution in [0.2, 0.25) is 0 Å². The Hall–Kier alpha value is -2.15. The second kappa shape index (κ2) is 6.31. The molecule has 1 aromatic carbocycles. The van der Waals surface area contributed by atoms with Gasteiger partial charge in [0, 0.05) is 18.7 Å². The minimum absolute atomic E-state index is 0.0311. The molecule has 0 bridgehead atoms. The lowest BCUT2D eigenvalue weighted by atomic mass is 10.1. The number of ether oxygens (including phenoxy) is 2. The Morgan fingerprint density at radius 3 is 2.55 bits per heavy atom. The molecule has 1 fully saturated rings. The number of nitrogens with zero attached hydrogens (tertiary/aromatic N) is 2. The molecule has 1 saturated heterocycles. The molecule has 1 aliphatic heterocycles. The van der Waals surface area contributed by atoms with Crippen LogP contribution in [-0.2, 0) is 9.47 Å². The molecule has 1 amide bonds. The molecule has 0 radical (unpaired) electrons. The van der Waals surface area contributed by atoms with Gasteiger partial charge in [-0.1, -0.05) is 0 Å². The van der Waals surface area contributed by atoms with Gasteiger partial charge in [0.25, 0.3) is 5.69 Å². The van der Waals surface area contributed by atoms with Crippen LogP contribution in [0.4, 0.5) is 10.5 Å². The molecule has 7 heteroatoms. The molecule has 0 spiro atoms. The predicted octanol–water partition coefficient (Wildman–Crippen LogP) is 2.90. The highest BCUT2D eigenvalue weighted by Crippen LogP contribution is 2.25. The first kappa shape index (κ1) is 16.2. The first-order chi connectivity index (χ1) is 10.3. The second-order valence-corrected chi connectivity index (χ2v) is 6.13. The number of hydrogen-bond acceptors (Lipinski definition) is 5. The third-order valence-electron chi connectivity index (χ3n) is 3.19. The SMILES string of the molecule is CC(C)(C)OC(=O)N1CCO[C@@H](c2ccc([N+](=O)[O-])cc2)C1. The average molecular weight is 308 g/mol. The van der Waals surface area contributed by atoms with E-state index in [0.717, 1.165) is 5.56 Å². The van der Waals surface area contributed by atoms with E-state index in [0.29, 0.717) is 19.7 Å². The Bertz CT molecular complexity index is 550. The Kier molecular flexibility index (Phi) is 4.65. The predicted molar refractivity (Wildman–Crippen MR) is 79.6 cm³/mol. The maximum atomic E-state index is 12.1. The van der Waals surface area contributed by atoms with Crippen LogP contribution in [0.1, 0.15) is 32.4 Å². The first-order valence-electron chi connectivity index (χ1n) is 7.10. The van der Waals surface area contributed by atoms with E-state index in [1.165, 1.54) is 12.1 Å². The molecule has 1 aromatic rings. The summed E-state index contributed by atoms with van der Waals surface area (Å²) in [4.78, 5) is 23.9. The van der Waals surface area contributed by atoms with Gasteiger partial charge >= 0.3 is 6.09 Å². The largest absolute Gasteiger partial charge is 0.444 e. The molecule has 120 valence electrons. The van der Waals surface area contributed by atoms with Crippen molar-refractivity contribution in [2.24, 2.45) is 0 Å². The summed E-state index contributed by atoms with van der Waals surface area (Å²) in [7, 11) is 0. The number of carbonyl (C=O) groups excluding carboxylic acids is 1. The average Bonchev–Trinajstić information content (AvgIpc) is 2.46. The van der Waals surface area contributed by atoms with Gasteiger partial charge in [-0.25, -0.2) is 4.79 Å². The second-order valence-electron chi connectivity index (χ2n) is 6.13. The Labute approximate surface area is 129 Å². The molecule has 0 N–H and O–H groups in total. The summed E-state index contributed by atoms with van der Waals surface area (Å²) in [5.41, 5.74) is 0.292. The van der Waals surface area contributed by atoms with Gasteiger partial charge in [-0.2, -0.15) is 0 Å². The van der Waals surface area contributed by atoms with Crippen molar-refractivity contribution in [2.75, 3.05) is 19.7 Å². The zero-order chi connectivity index (χ0) is 16.3. The molecular weight excluding hydrogens is 288 g/mol. The summed E-state index contributed by atoms with van der Waals surface area (Å²) in [5.74, 6) is 0. The molecule has 0 aliphatic carbocycles. The zero-order valence-electron chi connectivity index (χ0n) is 12.9. The Balaban J connectivity index is 2.04. The number of amides is 1. The fourth-order valence-electron chi connectivity index (χ4n) is 2.15. The monoisotopic (exact) mass is 308 g/mol. The number of morpholine rings is 1. The van der Waals surface area contributed by atoms with E-state index in [1.54, 1.807) is 17.0 Å². The molecular formula is C15H20N2O5. The van der Waals surface area contributed by atoms with Gasteiger partial charge in [-0.3, -0.25) is 10.1 Å². The summed E-state index contributed by atoms with van der Waals surface area (Å²) in [5, 5.41) is 10.7. The summed E-state index contributed by atoms with van der Waals surface area (Å²) < 4.78 is 11.0. The van der Waals surface area contributed by atoms with Gasteiger partial charge in [-0.05, 0) is 38.5 Å². The van der Waals surface area contributed by atoms with Crippen LogP contribution in [0.25, 0.3) is 0 Å². The normalized spacial score (nSPS) is 18.9. The topological polar surface area (TPSA) is 81.9 Å². The zero-order valence-corrected chi connectivity index (χ0v) is 12.9. The van der Waals surface area contributed by atoms with Crippen LogP contribution < -0.4 is 0 Å². The third-order valence-corrected chi connectivity index (χ3v) is 3.19. The van der Waals surface area contributed by atoms with Crippen LogP contribution in [0.5, 0.6) is 0 Å². The smallest absolute Gasteiger partial charge is 0.410 e. The van der Waals surface area contributed by atoms with Gasteiger partial charge < -0.3 is 14.4 Å². The first-order valence-corrected chi connectivity index (χ1v) is 7.10. The highest BCUT2D eigenvalue weighted by Gasteiger charge is 2.29. The van der Waals surface area contributed by atoms with Crippen LogP contribution in [0.3, 0.4) is 0 Å². The molecule has 22 heavy (non-hydrogen) atoms. The number of carbonyl (C=O) groups is 1. The minimum atomic E-state index is -0.543. The number of hydrogen-bond donors (Lipinski definition) is 0. The maximum absolute atomic E-state index is 12.1. The van der Waals surface area contributed by atoms with Crippen molar-refractivity contribution in [3.05, 3.63) is 39.9 Å². The highest BCUT2D eigenvalue weighted by atomic mass is 16.6. The molecule has 0 saturated carbocycles. The minimum Gasteiger partial charge on any atom is -0.444 e. The fraction of sp³-hybridized carbons (Fsp3) is 0.533. The molecule has 1 heterocycles. The van der Waals surface area contributed by atoms with Crippen molar-refractivity contribution in [3.63, 3.8) is 0 Å². The van der Waals surface area contributed by atoms with E-state index in [9.17, 15) is 14.9 Å². The van der Waals surface area contributed by atoms with Crippen molar-refractivity contribution in [3.8, 4) is 0 Å². The van der Waals surface area contributed by atoms with Crippen LogP contribution in [0, 0.1) is 10.1 Å². The molecule has 0 unspecified atom stereocenters. The van der Waals surface area contributed by atoms with Gasteiger partial charge in [-0.15, -0.1) is 0 Å². The van der Waals surface area contributed by atoms with Crippen molar-refractivity contribution in [2.45, 2.75) is 32.5 Å². The standard InChI is InChI=1S/C15H20N2O5/c1-15(2,3)22-14(18)16-8-9-21-13(10-16)11-4-6-12(7-5-11)17(19)20/h4-7,13H,8-10H2,1-3H3/t13-/m1/s1. The summed E-state index contributed by atoms with van der Waals surface area (Å²) in [6.45, 7) is 6.70. The number of benzene rings is 1. The number of non-ortho nitro benzene ring substituents is 1. The molecule has 1 aliphatic rings. The van der Waals surface area contributed by atoms with Crippen molar-refractivity contribution >= 4 is 11.8 Å². The summed E-state index contributed by atoms with van der Waals surface area (Å²) in [6, 6.07) is 6.18. The lowest BCUT2D eigenvalue weighted by molar-refractivity contribution is -0.384. The van der Waals surface area contributed by atoms with Crippen molar-refractivity contribution in [1.29, 1.82) is 0 Å². The lowest BCUT2D eigenvalue weighted by Gasteiger charge is -2.34. The number of nitro groups is 1. The van der Waals surface area contributed by atoms with Crippen LogP contribution in [-0.4, -0.2) is 41.2 Å². The quantitative estimate of drug-likeness (QED) is 0.619. The third kappa shape index (κ3) is 4.17. The number of nitro benzene ring substituents is 1. The van der Waals surface area contributed by atoms with Crippen molar-refractivity contribution in [1.82, 2.24) is 4.90 Å². The summed E-state index contributed by atoms with van der Waals surface area (Å²) in [6.07, 6.45) is -0.676. The highest BCUT2D eigenvalue weighted by molar-refractivity contribution is 5.68. The maximum Gasteiger partial charge on any atom is 0.410 e. The van der Waals surface area contributed by atoms with E-state index in [2.05, 4.69) is 0 Å². The summed E-state index contributed by atoms with van der Waals surface area (Å²) >= 11 is 0. The molecule has 1 atom stereocenters.